The number of urea groups is 1. The van der Waals surface area contributed by atoms with Crippen molar-refractivity contribution in [3.05, 3.63) is 23.3 Å². The van der Waals surface area contributed by atoms with Crippen molar-refractivity contribution < 1.29 is 19.4 Å². The maximum absolute atomic E-state index is 11.9. The summed E-state index contributed by atoms with van der Waals surface area (Å²) in [5, 5.41) is 16.5. The van der Waals surface area contributed by atoms with Gasteiger partial charge in [0.2, 0.25) is 0 Å². The van der Waals surface area contributed by atoms with Gasteiger partial charge in [0.05, 0.1) is 20.8 Å². The van der Waals surface area contributed by atoms with E-state index < -0.39 is 5.60 Å². The maximum Gasteiger partial charge on any atom is 0.314 e. The quantitative estimate of drug-likeness (QED) is 0.713. The predicted molar refractivity (Wildman–Crippen MR) is 92.6 cm³/mol. The highest BCUT2D eigenvalue weighted by molar-refractivity contribution is 5.74. The van der Waals surface area contributed by atoms with Crippen LogP contribution in [0.3, 0.4) is 0 Å². The monoisotopic (exact) mass is 336 g/mol. The summed E-state index contributed by atoms with van der Waals surface area (Å²) < 4.78 is 10.6. The normalized spacial score (nSPS) is 19.1. The molecule has 1 aromatic carbocycles. The summed E-state index contributed by atoms with van der Waals surface area (Å²) in [6.45, 7) is 5.02. The Morgan fingerprint density at radius 3 is 2.54 bits per heavy atom. The molecule has 0 saturated heterocycles. The first-order chi connectivity index (χ1) is 11.4. The standard InChI is InChI=1S/C18H28N2O4/c1-12(2)6-8-19-17(21)20-11-18(22)7-5-13-9-15(23-3)16(24-4)10-14(13)18/h9-10,12,22H,5-8,11H2,1-4H3,(H2,19,20,21). The molecule has 3 N–H and O–H groups in total. The van der Waals surface area contributed by atoms with Crippen molar-refractivity contribution in [2.45, 2.75) is 38.7 Å². The number of hydrogen-bond acceptors (Lipinski definition) is 4. The molecular formula is C18H28N2O4. The summed E-state index contributed by atoms with van der Waals surface area (Å²) in [6, 6.07) is 3.45. The highest BCUT2D eigenvalue weighted by atomic mass is 16.5. The third-order valence-corrected chi connectivity index (χ3v) is 4.47. The topological polar surface area (TPSA) is 79.8 Å². The van der Waals surface area contributed by atoms with Crippen LogP contribution in [0.2, 0.25) is 0 Å². The molecule has 0 aromatic heterocycles. The Morgan fingerprint density at radius 2 is 1.92 bits per heavy atom. The van der Waals surface area contributed by atoms with E-state index in [1.165, 1.54) is 0 Å². The minimum atomic E-state index is -1.08. The summed E-state index contributed by atoms with van der Waals surface area (Å²) >= 11 is 0. The number of aryl methyl sites for hydroxylation is 1. The first-order valence-electron chi connectivity index (χ1n) is 8.39. The first kappa shape index (κ1) is 18.4. The maximum atomic E-state index is 11.9. The molecule has 2 rings (SSSR count). The van der Waals surface area contributed by atoms with Crippen molar-refractivity contribution in [2.24, 2.45) is 5.92 Å². The Bertz CT molecular complexity index is 589. The Labute approximate surface area is 143 Å². The van der Waals surface area contributed by atoms with Crippen LogP contribution in [-0.2, 0) is 12.0 Å². The Balaban J connectivity index is 2.01. The van der Waals surface area contributed by atoms with Crippen LogP contribution in [0.15, 0.2) is 12.1 Å². The molecule has 6 heteroatoms. The first-order valence-corrected chi connectivity index (χ1v) is 8.39. The van der Waals surface area contributed by atoms with Crippen molar-refractivity contribution in [3.8, 4) is 11.5 Å². The number of methoxy groups -OCH3 is 2. The van der Waals surface area contributed by atoms with E-state index >= 15 is 0 Å². The molecule has 0 aliphatic heterocycles. The lowest BCUT2D eigenvalue weighted by molar-refractivity contribution is 0.0410. The number of rotatable bonds is 7. The molecule has 1 aliphatic rings. The Hall–Kier alpha value is -1.95. The number of benzene rings is 1. The molecule has 134 valence electrons. The van der Waals surface area contributed by atoms with Crippen LogP contribution in [0.1, 0.15) is 37.8 Å². The number of fused-ring (bicyclic) bond motifs is 1. The van der Waals surface area contributed by atoms with Crippen LogP contribution < -0.4 is 20.1 Å². The van der Waals surface area contributed by atoms with Gasteiger partial charge in [-0.25, -0.2) is 4.79 Å². The van der Waals surface area contributed by atoms with Gasteiger partial charge in [-0.2, -0.15) is 0 Å². The number of nitrogens with one attached hydrogen (secondary N) is 2. The van der Waals surface area contributed by atoms with Gasteiger partial charge in [0.15, 0.2) is 11.5 Å². The van der Waals surface area contributed by atoms with Gasteiger partial charge in [0.25, 0.3) is 0 Å². The average Bonchev–Trinajstić information content (AvgIpc) is 2.88. The molecule has 1 aromatic rings. The van der Waals surface area contributed by atoms with E-state index in [1.54, 1.807) is 20.3 Å². The second kappa shape index (κ2) is 7.75. The van der Waals surface area contributed by atoms with Gasteiger partial charge < -0.3 is 25.2 Å². The van der Waals surface area contributed by atoms with Crippen LogP contribution >= 0.6 is 0 Å². The van der Waals surface area contributed by atoms with Crippen molar-refractivity contribution in [1.82, 2.24) is 10.6 Å². The molecule has 6 nitrogen and oxygen atoms in total. The highest BCUT2D eigenvalue weighted by Gasteiger charge is 2.38. The molecule has 0 radical (unpaired) electrons. The van der Waals surface area contributed by atoms with Gasteiger partial charge >= 0.3 is 6.03 Å². The van der Waals surface area contributed by atoms with Crippen LogP contribution in [0.5, 0.6) is 11.5 Å². The molecule has 0 fully saturated rings. The number of amides is 2. The van der Waals surface area contributed by atoms with Crippen LogP contribution in [0.25, 0.3) is 0 Å². The minimum Gasteiger partial charge on any atom is -0.493 e. The summed E-state index contributed by atoms with van der Waals surface area (Å²) in [5.74, 6) is 1.77. The summed E-state index contributed by atoms with van der Waals surface area (Å²) in [6.07, 6.45) is 2.23. The molecule has 0 bridgehead atoms. The van der Waals surface area contributed by atoms with Crippen LogP contribution in [0.4, 0.5) is 4.79 Å². The van der Waals surface area contributed by atoms with E-state index in [4.69, 9.17) is 9.47 Å². The smallest absolute Gasteiger partial charge is 0.314 e. The van der Waals surface area contributed by atoms with E-state index in [-0.39, 0.29) is 12.6 Å². The SMILES string of the molecule is COc1cc2c(cc1OC)C(O)(CNC(=O)NCCC(C)C)CC2. The molecule has 0 heterocycles. The van der Waals surface area contributed by atoms with Gasteiger partial charge in [0, 0.05) is 6.54 Å². The number of hydrogen-bond donors (Lipinski definition) is 3. The van der Waals surface area contributed by atoms with Crippen LogP contribution in [0, 0.1) is 5.92 Å². The Morgan fingerprint density at radius 1 is 1.25 bits per heavy atom. The number of carbonyl (C=O) groups is 1. The Kier molecular flexibility index (Phi) is 5.94. The lowest BCUT2D eigenvalue weighted by atomic mass is 9.95. The van der Waals surface area contributed by atoms with Crippen molar-refractivity contribution in [2.75, 3.05) is 27.3 Å². The fraction of sp³-hybridized carbons (Fsp3) is 0.611. The second-order valence-electron chi connectivity index (χ2n) is 6.69. The molecule has 2 amide bonds. The van der Waals surface area contributed by atoms with Gasteiger partial charge in [-0.1, -0.05) is 13.8 Å². The fourth-order valence-electron chi connectivity index (χ4n) is 2.98. The van der Waals surface area contributed by atoms with E-state index in [1.807, 2.05) is 6.07 Å². The molecular weight excluding hydrogens is 308 g/mol. The number of ether oxygens (including phenoxy) is 2. The van der Waals surface area contributed by atoms with Gasteiger partial charge in [0.1, 0.15) is 5.60 Å². The molecule has 1 aliphatic carbocycles. The van der Waals surface area contributed by atoms with Gasteiger partial charge in [-0.3, -0.25) is 0 Å². The highest BCUT2D eigenvalue weighted by Crippen LogP contribution is 2.42. The molecule has 0 saturated carbocycles. The third kappa shape index (κ3) is 4.12. The summed E-state index contributed by atoms with van der Waals surface area (Å²) in [4.78, 5) is 11.9. The van der Waals surface area contributed by atoms with E-state index in [0.717, 1.165) is 24.0 Å². The lowest BCUT2D eigenvalue weighted by Gasteiger charge is -2.25. The fourth-order valence-corrected chi connectivity index (χ4v) is 2.98. The van der Waals surface area contributed by atoms with E-state index in [9.17, 15) is 9.90 Å². The van der Waals surface area contributed by atoms with Gasteiger partial charge in [-0.15, -0.1) is 0 Å². The zero-order valence-electron chi connectivity index (χ0n) is 14.9. The molecule has 1 atom stereocenters. The number of aliphatic hydroxyl groups is 1. The van der Waals surface area contributed by atoms with Crippen LogP contribution in [-0.4, -0.2) is 38.4 Å². The third-order valence-electron chi connectivity index (χ3n) is 4.47. The zero-order valence-corrected chi connectivity index (χ0v) is 14.9. The van der Waals surface area contributed by atoms with E-state index in [2.05, 4.69) is 24.5 Å². The minimum absolute atomic E-state index is 0.170. The molecule has 24 heavy (non-hydrogen) atoms. The van der Waals surface area contributed by atoms with Gasteiger partial charge in [-0.05, 0) is 48.4 Å². The van der Waals surface area contributed by atoms with E-state index in [0.29, 0.717) is 30.4 Å². The zero-order chi connectivity index (χ0) is 17.7. The lowest BCUT2D eigenvalue weighted by Crippen LogP contribution is -2.44. The number of carbonyl (C=O) groups excluding carboxylic acids is 1. The largest absolute Gasteiger partial charge is 0.493 e. The van der Waals surface area contributed by atoms with Crippen molar-refractivity contribution in [1.29, 1.82) is 0 Å². The summed E-state index contributed by atoms with van der Waals surface area (Å²) in [7, 11) is 3.16. The predicted octanol–water partition coefficient (Wildman–Crippen LogP) is 2.18. The summed E-state index contributed by atoms with van der Waals surface area (Å²) in [5.41, 5.74) is 0.740. The van der Waals surface area contributed by atoms with Crippen molar-refractivity contribution >= 4 is 6.03 Å². The van der Waals surface area contributed by atoms with Crippen molar-refractivity contribution in [3.63, 3.8) is 0 Å². The second-order valence-corrected chi connectivity index (χ2v) is 6.69. The average molecular weight is 336 g/mol. The molecule has 1 unspecified atom stereocenters. The molecule has 0 spiro atoms.